The van der Waals surface area contributed by atoms with Crippen molar-refractivity contribution in [3.63, 3.8) is 0 Å². The lowest BCUT2D eigenvalue weighted by Crippen LogP contribution is -2.05. The normalized spacial score (nSPS) is 15.2. The average Bonchev–Trinajstić information content (AvgIpc) is 2.98. The second kappa shape index (κ2) is 15.1. The first kappa shape index (κ1) is 30.0. The molecule has 0 bridgehead atoms. The lowest BCUT2D eigenvalue weighted by atomic mass is 9.83. The molecule has 1 aliphatic carbocycles. The van der Waals surface area contributed by atoms with Gasteiger partial charge in [-0.2, -0.15) is 4.39 Å². The highest BCUT2D eigenvalue weighted by Gasteiger charge is 2.18. The summed E-state index contributed by atoms with van der Waals surface area (Å²) in [6, 6.07) is 15.4. The van der Waals surface area contributed by atoms with Crippen molar-refractivity contribution in [1.82, 2.24) is 0 Å². The molecule has 0 aliphatic heterocycles. The van der Waals surface area contributed by atoms with Gasteiger partial charge in [-0.05, 0) is 72.1 Å². The van der Waals surface area contributed by atoms with E-state index >= 15 is 4.39 Å². The molecule has 4 rings (SSSR count). The first-order valence-corrected chi connectivity index (χ1v) is 15.2. The van der Waals surface area contributed by atoms with Gasteiger partial charge in [-0.25, -0.2) is 8.78 Å². The van der Waals surface area contributed by atoms with Crippen LogP contribution in [-0.2, 0) is 0 Å². The molecule has 0 radical (unpaired) electrons. The quantitative estimate of drug-likeness (QED) is 0.182. The van der Waals surface area contributed by atoms with Crippen LogP contribution in [0.25, 0.3) is 27.8 Å². The zero-order chi connectivity index (χ0) is 28.3. The molecule has 1 atom stereocenters. The molecule has 0 saturated carbocycles. The van der Waals surface area contributed by atoms with Crippen LogP contribution in [0.3, 0.4) is 0 Å². The van der Waals surface area contributed by atoms with Crippen molar-refractivity contribution in [2.75, 3.05) is 6.61 Å². The fourth-order valence-electron chi connectivity index (χ4n) is 5.63. The number of allylic oxidation sites excluding steroid dienone is 2. The standard InChI is InChI=1S/C36H43F3O/c1-3-5-7-8-10-24-40-34-23-22-32(35(38)36(34)39)29-18-16-28(17-19-29)31-21-20-30(25-33(31)37)27-14-12-26(13-15-27)11-9-6-4-2/h14,16-23,25-26H,3-13,15,24H2,1-2H3. The van der Waals surface area contributed by atoms with Crippen molar-refractivity contribution in [1.29, 1.82) is 0 Å². The Balaban J connectivity index is 1.40. The molecular formula is C36H43F3O. The Kier molecular flexibility index (Phi) is 11.3. The molecule has 3 aromatic carbocycles. The van der Waals surface area contributed by atoms with Crippen LogP contribution in [0.4, 0.5) is 13.2 Å². The zero-order valence-electron chi connectivity index (χ0n) is 24.1. The minimum absolute atomic E-state index is 0.0596. The maximum absolute atomic E-state index is 15.2. The first-order valence-electron chi connectivity index (χ1n) is 15.2. The van der Waals surface area contributed by atoms with Crippen LogP contribution in [-0.4, -0.2) is 6.61 Å². The Bertz CT molecular complexity index is 1260. The molecule has 0 N–H and O–H groups in total. The van der Waals surface area contributed by atoms with Crippen LogP contribution in [0.5, 0.6) is 5.75 Å². The van der Waals surface area contributed by atoms with E-state index in [1.807, 2.05) is 12.1 Å². The van der Waals surface area contributed by atoms with Gasteiger partial charge in [0, 0.05) is 11.1 Å². The summed E-state index contributed by atoms with van der Waals surface area (Å²) >= 11 is 0. The summed E-state index contributed by atoms with van der Waals surface area (Å²) in [5.74, 6) is -1.48. The second-order valence-corrected chi connectivity index (χ2v) is 11.1. The predicted octanol–water partition coefficient (Wildman–Crippen LogP) is 11.6. The third-order valence-corrected chi connectivity index (χ3v) is 8.13. The van der Waals surface area contributed by atoms with E-state index in [-0.39, 0.29) is 17.1 Å². The molecule has 0 saturated heterocycles. The molecule has 0 aromatic heterocycles. The largest absolute Gasteiger partial charge is 0.490 e. The Morgan fingerprint density at radius 3 is 2.02 bits per heavy atom. The Labute approximate surface area is 238 Å². The number of benzene rings is 3. The minimum atomic E-state index is -0.971. The van der Waals surface area contributed by atoms with Gasteiger partial charge in [0.1, 0.15) is 5.82 Å². The molecular weight excluding hydrogens is 505 g/mol. The molecule has 0 heterocycles. The van der Waals surface area contributed by atoms with Gasteiger partial charge in [-0.1, -0.05) is 108 Å². The van der Waals surface area contributed by atoms with Crippen molar-refractivity contribution in [3.8, 4) is 28.0 Å². The van der Waals surface area contributed by atoms with E-state index in [0.29, 0.717) is 23.3 Å². The third kappa shape index (κ3) is 7.80. The van der Waals surface area contributed by atoms with Gasteiger partial charge < -0.3 is 4.74 Å². The molecule has 0 spiro atoms. The Morgan fingerprint density at radius 2 is 1.35 bits per heavy atom. The number of halogens is 3. The van der Waals surface area contributed by atoms with Crippen molar-refractivity contribution in [2.45, 2.75) is 90.9 Å². The molecule has 4 heteroatoms. The lowest BCUT2D eigenvalue weighted by Gasteiger charge is -2.22. The number of ether oxygens (including phenoxy) is 1. The smallest absolute Gasteiger partial charge is 0.201 e. The van der Waals surface area contributed by atoms with Gasteiger partial charge in [0.2, 0.25) is 5.82 Å². The highest BCUT2D eigenvalue weighted by atomic mass is 19.2. The predicted molar refractivity (Wildman–Crippen MR) is 161 cm³/mol. The number of rotatable bonds is 14. The van der Waals surface area contributed by atoms with Crippen LogP contribution in [0.1, 0.15) is 96.5 Å². The first-order chi connectivity index (χ1) is 19.5. The van der Waals surface area contributed by atoms with E-state index in [1.54, 1.807) is 36.4 Å². The van der Waals surface area contributed by atoms with Crippen LogP contribution in [0, 0.1) is 23.4 Å². The fraction of sp³-hybridized carbons (Fsp3) is 0.444. The molecule has 1 unspecified atom stereocenters. The molecule has 1 nitrogen and oxygen atoms in total. The zero-order valence-corrected chi connectivity index (χ0v) is 24.1. The van der Waals surface area contributed by atoms with Gasteiger partial charge in [-0.15, -0.1) is 0 Å². The minimum Gasteiger partial charge on any atom is -0.490 e. The topological polar surface area (TPSA) is 9.23 Å². The number of hydrogen-bond donors (Lipinski definition) is 0. The van der Waals surface area contributed by atoms with Gasteiger partial charge in [0.05, 0.1) is 6.61 Å². The fourth-order valence-corrected chi connectivity index (χ4v) is 5.63. The highest BCUT2D eigenvalue weighted by molar-refractivity contribution is 5.74. The summed E-state index contributed by atoms with van der Waals surface area (Å²) in [7, 11) is 0. The molecule has 40 heavy (non-hydrogen) atoms. The molecule has 0 fully saturated rings. The van der Waals surface area contributed by atoms with Gasteiger partial charge >= 0.3 is 0 Å². The van der Waals surface area contributed by atoms with Crippen molar-refractivity contribution in [3.05, 3.63) is 83.7 Å². The van der Waals surface area contributed by atoms with Crippen LogP contribution in [0.2, 0.25) is 0 Å². The summed E-state index contributed by atoms with van der Waals surface area (Å²) < 4.78 is 50.3. The van der Waals surface area contributed by atoms with E-state index in [4.69, 9.17) is 4.74 Å². The molecule has 3 aromatic rings. The van der Waals surface area contributed by atoms with Gasteiger partial charge in [-0.3, -0.25) is 0 Å². The third-order valence-electron chi connectivity index (χ3n) is 8.13. The maximum Gasteiger partial charge on any atom is 0.201 e. The second-order valence-electron chi connectivity index (χ2n) is 11.1. The van der Waals surface area contributed by atoms with Crippen molar-refractivity contribution in [2.24, 2.45) is 5.92 Å². The number of hydrogen-bond acceptors (Lipinski definition) is 1. The van der Waals surface area contributed by atoms with E-state index in [0.717, 1.165) is 50.0 Å². The lowest BCUT2D eigenvalue weighted by molar-refractivity contribution is 0.285. The summed E-state index contributed by atoms with van der Waals surface area (Å²) in [5.41, 5.74) is 4.07. The monoisotopic (exact) mass is 548 g/mol. The SMILES string of the molecule is CCCCCCCOc1ccc(-c2ccc(-c3ccc(C4=CCC(CCCCC)CC4)cc3F)cc2)c(F)c1F. The highest BCUT2D eigenvalue weighted by Crippen LogP contribution is 2.36. The Hall–Kier alpha value is -3.01. The number of unbranched alkanes of at least 4 members (excludes halogenated alkanes) is 6. The van der Waals surface area contributed by atoms with E-state index < -0.39 is 11.6 Å². The van der Waals surface area contributed by atoms with Crippen molar-refractivity contribution < 1.29 is 17.9 Å². The average molecular weight is 549 g/mol. The van der Waals surface area contributed by atoms with Crippen LogP contribution < -0.4 is 4.74 Å². The summed E-state index contributed by atoms with van der Waals surface area (Å²) in [6.45, 7) is 4.76. The van der Waals surface area contributed by atoms with Crippen molar-refractivity contribution >= 4 is 5.57 Å². The van der Waals surface area contributed by atoms with Gasteiger partial charge in [0.25, 0.3) is 0 Å². The van der Waals surface area contributed by atoms with Crippen LogP contribution in [0.15, 0.2) is 60.7 Å². The molecule has 0 amide bonds. The molecule has 1 aliphatic rings. The van der Waals surface area contributed by atoms with E-state index in [2.05, 4.69) is 19.9 Å². The Morgan fingerprint density at radius 1 is 0.700 bits per heavy atom. The summed E-state index contributed by atoms with van der Waals surface area (Å²) in [5, 5.41) is 0. The molecule has 214 valence electrons. The van der Waals surface area contributed by atoms with Gasteiger partial charge in [0.15, 0.2) is 11.6 Å². The van der Waals surface area contributed by atoms with E-state index in [1.165, 1.54) is 50.2 Å². The maximum atomic E-state index is 15.2. The summed E-state index contributed by atoms with van der Waals surface area (Å²) in [6.07, 6.45) is 16.0. The summed E-state index contributed by atoms with van der Waals surface area (Å²) in [4.78, 5) is 0. The van der Waals surface area contributed by atoms with Crippen LogP contribution >= 0.6 is 0 Å². The van der Waals surface area contributed by atoms with E-state index in [9.17, 15) is 8.78 Å².